The summed E-state index contributed by atoms with van der Waals surface area (Å²) in [5.41, 5.74) is 0. The minimum absolute atomic E-state index is 0.375. The van der Waals surface area contributed by atoms with Crippen molar-refractivity contribution < 1.29 is 14.3 Å². The zero-order valence-corrected chi connectivity index (χ0v) is 7.12. The van der Waals surface area contributed by atoms with Crippen LogP contribution >= 0.6 is 0 Å². The number of hydrogen-bond donors (Lipinski definition) is 0. The van der Waals surface area contributed by atoms with Crippen molar-refractivity contribution in [2.75, 3.05) is 13.2 Å². The van der Waals surface area contributed by atoms with Crippen molar-refractivity contribution in [1.29, 1.82) is 0 Å². The van der Waals surface area contributed by atoms with Crippen molar-refractivity contribution >= 4 is 5.97 Å². The van der Waals surface area contributed by atoms with Crippen molar-refractivity contribution in [1.82, 2.24) is 0 Å². The fourth-order valence-electron chi connectivity index (χ4n) is 0.602. The lowest BCUT2D eigenvalue weighted by atomic mass is 10.3. The largest absolute Gasteiger partial charge is 0.502 e. The van der Waals surface area contributed by atoms with Gasteiger partial charge in [0.25, 0.3) is 0 Å². The van der Waals surface area contributed by atoms with E-state index in [-0.39, 0.29) is 5.97 Å². The summed E-state index contributed by atoms with van der Waals surface area (Å²) < 4.78 is 9.60. The lowest BCUT2D eigenvalue weighted by molar-refractivity contribution is -0.137. The Bertz CT molecular complexity index is 152. The van der Waals surface area contributed by atoms with E-state index in [0.717, 1.165) is 18.9 Å². The van der Waals surface area contributed by atoms with E-state index in [1.807, 2.05) is 0 Å². The normalized spacial score (nSPS) is 8.67. The highest BCUT2D eigenvalue weighted by Crippen LogP contribution is 1.92. The third kappa shape index (κ3) is 6.86. The van der Waals surface area contributed by atoms with Crippen LogP contribution in [0.2, 0.25) is 0 Å². The summed E-state index contributed by atoms with van der Waals surface area (Å²) in [6.07, 6.45) is 4.21. The van der Waals surface area contributed by atoms with Crippen LogP contribution < -0.4 is 0 Å². The predicted molar refractivity (Wildman–Crippen MR) is 46.5 cm³/mol. The van der Waals surface area contributed by atoms with Gasteiger partial charge in [-0.25, -0.2) is 4.79 Å². The Kier molecular flexibility index (Phi) is 7.03. The van der Waals surface area contributed by atoms with E-state index in [2.05, 4.69) is 13.2 Å². The summed E-state index contributed by atoms with van der Waals surface area (Å²) in [6, 6.07) is 0. The third-order valence-corrected chi connectivity index (χ3v) is 1.19. The maximum absolute atomic E-state index is 10.5. The summed E-state index contributed by atoms with van der Waals surface area (Å²) >= 11 is 0. The highest BCUT2D eigenvalue weighted by atomic mass is 16.5. The van der Waals surface area contributed by atoms with Gasteiger partial charge in [-0.2, -0.15) is 0 Å². The van der Waals surface area contributed by atoms with Gasteiger partial charge in [-0.1, -0.05) is 13.2 Å². The van der Waals surface area contributed by atoms with Crippen LogP contribution in [0.4, 0.5) is 0 Å². The maximum Gasteiger partial charge on any atom is 0.330 e. The Hall–Kier alpha value is -1.25. The monoisotopic (exact) mass is 170 g/mol. The Balaban J connectivity index is 3.05. The molecule has 0 fully saturated rings. The standard InChI is InChI=1S/C9H14O3/c1-3-9(10)12-8-6-5-7-11-4-2/h3-4H,1-2,5-8H2. The summed E-state index contributed by atoms with van der Waals surface area (Å²) in [5.74, 6) is -0.375. The molecule has 0 radical (unpaired) electrons. The van der Waals surface area contributed by atoms with Gasteiger partial charge in [0.05, 0.1) is 19.5 Å². The van der Waals surface area contributed by atoms with Crippen LogP contribution in [0.15, 0.2) is 25.5 Å². The summed E-state index contributed by atoms with van der Waals surface area (Å²) in [7, 11) is 0. The minimum atomic E-state index is -0.375. The molecule has 0 spiro atoms. The average Bonchev–Trinajstić information content (AvgIpc) is 2.10. The molecule has 0 saturated carbocycles. The van der Waals surface area contributed by atoms with Gasteiger partial charge in [0.15, 0.2) is 0 Å². The number of hydrogen-bond acceptors (Lipinski definition) is 3. The molecule has 3 nitrogen and oxygen atoms in total. The van der Waals surface area contributed by atoms with E-state index in [4.69, 9.17) is 9.47 Å². The highest BCUT2D eigenvalue weighted by Gasteiger charge is 1.93. The van der Waals surface area contributed by atoms with Crippen molar-refractivity contribution in [2.45, 2.75) is 12.8 Å². The van der Waals surface area contributed by atoms with Crippen LogP contribution in [0.25, 0.3) is 0 Å². The second-order valence-corrected chi connectivity index (χ2v) is 2.12. The van der Waals surface area contributed by atoms with Gasteiger partial charge in [-0.15, -0.1) is 0 Å². The summed E-state index contributed by atoms with van der Waals surface area (Å²) in [4.78, 5) is 10.5. The molecule has 68 valence electrons. The Morgan fingerprint density at radius 2 is 1.92 bits per heavy atom. The molecule has 0 aromatic rings. The van der Waals surface area contributed by atoms with E-state index >= 15 is 0 Å². The van der Waals surface area contributed by atoms with Crippen LogP contribution in [-0.2, 0) is 14.3 Å². The van der Waals surface area contributed by atoms with Gasteiger partial charge in [0.1, 0.15) is 0 Å². The van der Waals surface area contributed by atoms with Crippen molar-refractivity contribution in [3.8, 4) is 0 Å². The number of unbranched alkanes of at least 4 members (excludes halogenated alkanes) is 1. The lowest BCUT2D eigenvalue weighted by Gasteiger charge is -2.01. The molecule has 0 saturated heterocycles. The molecule has 0 N–H and O–H groups in total. The second kappa shape index (κ2) is 7.85. The molecule has 0 aliphatic rings. The molecule has 0 unspecified atom stereocenters. The van der Waals surface area contributed by atoms with Crippen molar-refractivity contribution in [3.63, 3.8) is 0 Å². The third-order valence-electron chi connectivity index (χ3n) is 1.19. The lowest BCUT2D eigenvalue weighted by Crippen LogP contribution is -2.02. The van der Waals surface area contributed by atoms with E-state index in [1.54, 1.807) is 0 Å². The molecular formula is C9H14O3. The molecular weight excluding hydrogens is 156 g/mol. The molecule has 0 rings (SSSR count). The van der Waals surface area contributed by atoms with Crippen LogP contribution in [0, 0.1) is 0 Å². The zero-order chi connectivity index (χ0) is 9.23. The van der Waals surface area contributed by atoms with Gasteiger partial charge in [0.2, 0.25) is 0 Å². The molecule has 0 aromatic carbocycles. The van der Waals surface area contributed by atoms with Crippen LogP contribution in [0.3, 0.4) is 0 Å². The fraction of sp³-hybridized carbons (Fsp3) is 0.444. The number of esters is 1. The molecule has 12 heavy (non-hydrogen) atoms. The number of carbonyl (C=O) groups excluding carboxylic acids is 1. The predicted octanol–water partition coefficient (Wildman–Crippen LogP) is 1.66. The first-order valence-corrected chi connectivity index (χ1v) is 3.83. The molecule has 0 bridgehead atoms. The molecule has 3 heteroatoms. The molecule has 0 atom stereocenters. The number of carbonyl (C=O) groups is 1. The molecule has 0 aromatic heterocycles. The van der Waals surface area contributed by atoms with Crippen molar-refractivity contribution in [3.05, 3.63) is 25.5 Å². The van der Waals surface area contributed by atoms with Crippen LogP contribution in [-0.4, -0.2) is 19.2 Å². The Morgan fingerprint density at radius 1 is 1.25 bits per heavy atom. The highest BCUT2D eigenvalue weighted by molar-refractivity contribution is 5.81. The van der Waals surface area contributed by atoms with Gasteiger partial charge < -0.3 is 9.47 Å². The molecule has 0 aliphatic heterocycles. The van der Waals surface area contributed by atoms with Crippen molar-refractivity contribution in [2.24, 2.45) is 0 Å². The first-order valence-electron chi connectivity index (χ1n) is 3.83. The van der Waals surface area contributed by atoms with E-state index in [9.17, 15) is 4.79 Å². The SMILES string of the molecule is C=COCCCCOC(=O)C=C. The van der Waals surface area contributed by atoms with Crippen LogP contribution in [0.1, 0.15) is 12.8 Å². The smallest absolute Gasteiger partial charge is 0.330 e. The quantitative estimate of drug-likeness (QED) is 0.252. The minimum Gasteiger partial charge on any atom is -0.502 e. The number of rotatable bonds is 7. The van der Waals surface area contributed by atoms with Gasteiger partial charge >= 0.3 is 5.97 Å². The second-order valence-electron chi connectivity index (χ2n) is 2.12. The van der Waals surface area contributed by atoms with E-state index in [0.29, 0.717) is 13.2 Å². The van der Waals surface area contributed by atoms with Gasteiger partial charge in [-0.3, -0.25) is 0 Å². The van der Waals surface area contributed by atoms with E-state index in [1.165, 1.54) is 6.26 Å². The average molecular weight is 170 g/mol. The van der Waals surface area contributed by atoms with Gasteiger partial charge in [-0.05, 0) is 12.8 Å². The first kappa shape index (κ1) is 10.8. The Labute approximate surface area is 72.7 Å². The molecule has 0 aliphatic carbocycles. The maximum atomic E-state index is 10.5. The summed E-state index contributed by atoms with van der Waals surface area (Å²) in [6.45, 7) is 7.72. The number of ether oxygens (including phenoxy) is 2. The van der Waals surface area contributed by atoms with Crippen LogP contribution in [0.5, 0.6) is 0 Å². The fourth-order valence-corrected chi connectivity index (χ4v) is 0.602. The molecule has 0 heterocycles. The topological polar surface area (TPSA) is 35.5 Å². The summed E-state index contributed by atoms with van der Waals surface area (Å²) in [5, 5.41) is 0. The van der Waals surface area contributed by atoms with E-state index < -0.39 is 0 Å². The van der Waals surface area contributed by atoms with Gasteiger partial charge in [0, 0.05) is 6.08 Å². The Morgan fingerprint density at radius 3 is 2.50 bits per heavy atom. The molecule has 0 amide bonds. The zero-order valence-electron chi connectivity index (χ0n) is 7.12. The first-order chi connectivity index (χ1) is 5.81.